The summed E-state index contributed by atoms with van der Waals surface area (Å²) < 4.78 is 39.9. The average Bonchev–Trinajstić information content (AvgIpc) is 2.93. The quantitative estimate of drug-likeness (QED) is 0.498. The number of alkyl halides is 3. The van der Waals surface area contributed by atoms with E-state index in [1.54, 1.807) is 23.7 Å². The summed E-state index contributed by atoms with van der Waals surface area (Å²) in [5.74, 6) is 0. The van der Waals surface area contributed by atoms with Gasteiger partial charge in [-0.15, -0.1) is 11.3 Å². The molecule has 1 heterocycles. The molecule has 0 fully saturated rings. The molecule has 0 N–H and O–H groups in total. The van der Waals surface area contributed by atoms with Gasteiger partial charge in [0.25, 0.3) is 5.69 Å². The topological polar surface area (TPSA) is 56.0 Å². The first kappa shape index (κ1) is 14.5. The number of benzene rings is 2. The number of nitrogens with zero attached hydrogens (tertiary/aromatic N) is 2. The molecule has 0 saturated heterocycles. The van der Waals surface area contributed by atoms with Gasteiger partial charge in [-0.25, -0.2) is 4.98 Å². The molecule has 8 heteroatoms. The molecule has 0 atom stereocenters. The maximum atomic E-state index is 13.0. The summed E-state index contributed by atoms with van der Waals surface area (Å²) in [4.78, 5) is 13.8. The maximum absolute atomic E-state index is 13.0. The monoisotopic (exact) mass is 324 g/mol. The number of thiazole rings is 1. The Morgan fingerprint density at radius 2 is 1.77 bits per heavy atom. The molecule has 0 aliphatic carbocycles. The van der Waals surface area contributed by atoms with E-state index in [4.69, 9.17) is 0 Å². The molecule has 0 bridgehead atoms. The summed E-state index contributed by atoms with van der Waals surface area (Å²) in [6, 6.07) is 8.07. The van der Waals surface area contributed by atoms with Crippen molar-refractivity contribution in [3.63, 3.8) is 0 Å². The lowest BCUT2D eigenvalue weighted by Crippen LogP contribution is -2.09. The Bertz CT molecular complexity index is 874. The van der Waals surface area contributed by atoms with Crippen molar-refractivity contribution in [2.75, 3.05) is 0 Å². The summed E-state index contributed by atoms with van der Waals surface area (Å²) in [5, 5.41) is 10.8. The number of fused-ring (bicyclic) bond motifs is 1. The molecule has 3 aromatic rings. The number of hydrogen-bond acceptors (Lipinski definition) is 4. The summed E-state index contributed by atoms with van der Waals surface area (Å²) in [5.41, 5.74) is 0.895. The highest BCUT2D eigenvalue weighted by Gasteiger charge is 2.38. The molecular formula is C14H7F3N2O2S. The Balaban J connectivity index is 2.17. The molecule has 22 heavy (non-hydrogen) atoms. The van der Waals surface area contributed by atoms with Gasteiger partial charge >= 0.3 is 6.18 Å². The van der Waals surface area contributed by atoms with Crippen molar-refractivity contribution < 1.29 is 18.1 Å². The minimum atomic E-state index is -4.79. The van der Waals surface area contributed by atoms with Gasteiger partial charge in [0.15, 0.2) is 0 Å². The zero-order valence-corrected chi connectivity index (χ0v) is 11.6. The van der Waals surface area contributed by atoms with Crippen LogP contribution in [0.2, 0.25) is 0 Å². The summed E-state index contributed by atoms with van der Waals surface area (Å²) in [6.07, 6.45) is -4.79. The van der Waals surface area contributed by atoms with Crippen molar-refractivity contribution in [3.8, 4) is 11.1 Å². The summed E-state index contributed by atoms with van der Waals surface area (Å²) >= 11 is 1.42. The third kappa shape index (κ3) is 2.52. The molecule has 0 amide bonds. The smallest absolute Gasteiger partial charge is 0.258 e. The first-order valence-corrected chi connectivity index (χ1v) is 6.93. The van der Waals surface area contributed by atoms with Gasteiger partial charge in [-0.1, -0.05) is 6.07 Å². The molecule has 4 nitrogen and oxygen atoms in total. The fourth-order valence-electron chi connectivity index (χ4n) is 2.14. The minimum absolute atomic E-state index is 0.257. The Morgan fingerprint density at radius 3 is 2.45 bits per heavy atom. The van der Waals surface area contributed by atoms with Crippen LogP contribution >= 0.6 is 11.3 Å². The largest absolute Gasteiger partial charge is 0.423 e. The zero-order valence-electron chi connectivity index (χ0n) is 10.8. The van der Waals surface area contributed by atoms with Crippen LogP contribution in [0.15, 0.2) is 41.9 Å². The van der Waals surface area contributed by atoms with Crippen molar-refractivity contribution in [2.45, 2.75) is 6.18 Å². The lowest BCUT2D eigenvalue weighted by molar-refractivity contribution is -0.388. The van der Waals surface area contributed by atoms with E-state index < -0.39 is 22.4 Å². The van der Waals surface area contributed by atoms with Crippen LogP contribution in [0.4, 0.5) is 18.9 Å². The van der Waals surface area contributed by atoms with Crippen LogP contribution in [-0.4, -0.2) is 9.91 Å². The molecule has 3 rings (SSSR count). The Labute approximate surface area is 126 Å². The van der Waals surface area contributed by atoms with Crippen LogP contribution in [0.3, 0.4) is 0 Å². The fraction of sp³-hybridized carbons (Fsp3) is 0.0714. The van der Waals surface area contributed by atoms with E-state index in [1.165, 1.54) is 17.4 Å². The number of nitro groups is 1. The van der Waals surface area contributed by atoms with Crippen LogP contribution < -0.4 is 0 Å². The first-order valence-electron chi connectivity index (χ1n) is 6.05. The highest BCUT2D eigenvalue weighted by molar-refractivity contribution is 7.16. The molecule has 0 unspecified atom stereocenters. The average molecular weight is 324 g/mol. The second-order valence-corrected chi connectivity index (χ2v) is 5.41. The van der Waals surface area contributed by atoms with E-state index in [0.717, 1.165) is 16.8 Å². The third-order valence-corrected chi connectivity index (χ3v) is 3.97. The van der Waals surface area contributed by atoms with E-state index in [1.807, 2.05) is 0 Å². The molecule has 1 aromatic heterocycles. The van der Waals surface area contributed by atoms with Gasteiger partial charge in [-0.2, -0.15) is 13.2 Å². The minimum Gasteiger partial charge on any atom is -0.258 e. The number of rotatable bonds is 2. The van der Waals surface area contributed by atoms with Crippen LogP contribution in [0, 0.1) is 10.1 Å². The lowest BCUT2D eigenvalue weighted by atomic mass is 10.0. The van der Waals surface area contributed by atoms with E-state index in [2.05, 4.69) is 4.98 Å². The zero-order chi connectivity index (χ0) is 15.9. The first-order chi connectivity index (χ1) is 10.4. The fourth-order valence-corrected chi connectivity index (χ4v) is 2.80. The SMILES string of the molecule is O=[N+]([O-])c1ccc(-c2ccc3scnc3c2)cc1C(F)(F)F. The van der Waals surface area contributed by atoms with E-state index in [9.17, 15) is 23.3 Å². The number of hydrogen-bond donors (Lipinski definition) is 0. The number of halogens is 3. The van der Waals surface area contributed by atoms with Gasteiger partial charge in [0, 0.05) is 6.07 Å². The molecule has 0 aliphatic heterocycles. The lowest BCUT2D eigenvalue weighted by Gasteiger charge is -2.10. The molecule has 0 aliphatic rings. The highest BCUT2D eigenvalue weighted by atomic mass is 32.1. The van der Waals surface area contributed by atoms with E-state index in [0.29, 0.717) is 11.1 Å². The predicted octanol–water partition coefficient (Wildman–Crippen LogP) is 4.89. The Kier molecular flexibility index (Phi) is 3.32. The van der Waals surface area contributed by atoms with E-state index in [-0.39, 0.29) is 5.56 Å². The van der Waals surface area contributed by atoms with E-state index >= 15 is 0 Å². The number of nitro benzene ring substituents is 1. The van der Waals surface area contributed by atoms with Gasteiger partial charge in [0.1, 0.15) is 5.56 Å². The van der Waals surface area contributed by atoms with Crippen molar-refractivity contribution in [1.82, 2.24) is 4.98 Å². The van der Waals surface area contributed by atoms with Crippen LogP contribution in [-0.2, 0) is 6.18 Å². The Hall–Kier alpha value is -2.48. The normalized spacial score (nSPS) is 11.8. The predicted molar refractivity (Wildman–Crippen MR) is 76.7 cm³/mol. The van der Waals surface area contributed by atoms with Gasteiger partial charge in [-0.3, -0.25) is 10.1 Å². The molecule has 2 aromatic carbocycles. The maximum Gasteiger partial charge on any atom is 0.423 e. The van der Waals surface area contributed by atoms with Crippen LogP contribution in [0.25, 0.3) is 21.3 Å². The summed E-state index contributed by atoms with van der Waals surface area (Å²) in [6.45, 7) is 0. The van der Waals surface area contributed by atoms with Gasteiger partial charge in [0.2, 0.25) is 0 Å². The second kappa shape index (κ2) is 5.06. The molecule has 0 saturated carbocycles. The third-order valence-electron chi connectivity index (χ3n) is 3.16. The molecule has 112 valence electrons. The van der Waals surface area contributed by atoms with Gasteiger partial charge in [0.05, 0.1) is 20.7 Å². The Morgan fingerprint density at radius 1 is 1.09 bits per heavy atom. The van der Waals surface area contributed by atoms with Gasteiger partial charge < -0.3 is 0 Å². The van der Waals surface area contributed by atoms with Crippen molar-refractivity contribution >= 4 is 27.2 Å². The second-order valence-electron chi connectivity index (χ2n) is 4.52. The van der Waals surface area contributed by atoms with Gasteiger partial charge in [-0.05, 0) is 35.4 Å². The molecule has 0 spiro atoms. The van der Waals surface area contributed by atoms with Crippen molar-refractivity contribution in [3.05, 3.63) is 57.6 Å². The standard InChI is InChI=1S/C14H7F3N2O2S/c15-14(16,17)10-5-8(1-3-12(10)19(20)21)9-2-4-13-11(6-9)18-7-22-13/h1-7H. The molecular weight excluding hydrogens is 317 g/mol. The van der Waals surface area contributed by atoms with Crippen LogP contribution in [0.5, 0.6) is 0 Å². The van der Waals surface area contributed by atoms with Crippen LogP contribution in [0.1, 0.15) is 5.56 Å². The summed E-state index contributed by atoms with van der Waals surface area (Å²) in [7, 11) is 0. The van der Waals surface area contributed by atoms with Crippen molar-refractivity contribution in [1.29, 1.82) is 0 Å². The highest BCUT2D eigenvalue weighted by Crippen LogP contribution is 2.38. The van der Waals surface area contributed by atoms with Crippen molar-refractivity contribution in [2.24, 2.45) is 0 Å². The molecule has 0 radical (unpaired) electrons. The number of aromatic nitrogens is 1.